The van der Waals surface area contributed by atoms with Gasteiger partial charge in [-0.1, -0.05) is 50.3 Å². The van der Waals surface area contributed by atoms with Gasteiger partial charge in [0.25, 0.3) is 0 Å². The molecule has 0 atom stereocenters. The molecule has 1 rings (SSSR count). The van der Waals surface area contributed by atoms with Gasteiger partial charge >= 0.3 is 0 Å². The molecule has 0 spiro atoms. The summed E-state index contributed by atoms with van der Waals surface area (Å²) in [6.45, 7) is 27.2. The molecule has 0 unspecified atom stereocenters. The summed E-state index contributed by atoms with van der Waals surface area (Å²) in [5.74, 6) is 0.569. The normalized spacial score (nSPS) is 13.4. The van der Waals surface area contributed by atoms with E-state index in [1.54, 1.807) is 18.3 Å². The molecular formula is C32H47FN4. The molecule has 0 saturated heterocycles. The minimum atomic E-state index is -0.388. The molecule has 1 aromatic heterocycles. The molecule has 0 radical (unpaired) electrons. The van der Waals surface area contributed by atoms with Gasteiger partial charge in [0.1, 0.15) is 17.3 Å². The first-order valence-corrected chi connectivity index (χ1v) is 13.2. The van der Waals surface area contributed by atoms with Gasteiger partial charge in [0, 0.05) is 29.6 Å². The van der Waals surface area contributed by atoms with Crippen molar-refractivity contribution in [2.24, 2.45) is 9.98 Å². The number of nitrogens with zero attached hydrogens (tertiary/aromatic N) is 4. The second-order valence-corrected chi connectivity index (χ2v) is 10.2. The fourth-order valence-corrected chi connectivity index (χ4v) is 3.82. The van der Waals surface area contributed by atoms with Gasteiger partial charge < -0.3 is 4.90 Å². The van der Waals surface area contributed by atoms with E-state index < -0.39 is 0 Å². The van der Waals surface area contributed by atoms with Crippen molar-refractivity contribution in [1.29, 1.82) is 0 Å². The Morgan fingerprint density at radius 1 is 1.11 bits per heavy atom. The Balaban J connectivity index is 3.61. The van der Waals surface area contributed by atoms with E-state index in [4.69, 9.17) is 9.98 Å². The summed E-state index contributed by atoms with van der Waals surface area (Å²) < 4.78 is 15.2. The van der Waals surface area contributed by atoms with Crippen molar-refractivity contribution in [2.75, 3.05) is 6.54 Å². The third-order valence-electron chi connectivity index (χ3n) is 5.99. The highest BCUT2D eigenvalue weighted by Crippen LogP contribution is 2.26. The molecule has 0 aliphatic rings. The summed E-state index contributed by atoms with van der Waals surface area (Å²) >= 11 is 0. The topological polar surface area (TPSA) is 40.9 Å². The molecule has 0 aliphatic carbocycles. The number of rotatable bonds is 11. The van der Waals surface area contributed by atoms with Gasteiger partial charge in [-0.3, -0.25) is 15.0 Å². The standard InChI is InChI=1S/C32H47FN4/c1-13-17-26(19-22(5)6)31-28(33)20-27(21-34-31)24(9)35-30(23(7)8)29(18-14-2)37(16-4)25(10)36-32(11,12)15-3/h13,17-21H,1,14-16H2,2-12H3/b26-17+,29-18?,35-24?,36-25?. The lowest BCUT2D eigenvalue weighted by Gasteiger charge is -2.30. The molecule has 0 N–H and O–H groups in total. The number of pyridine rings is 1. The van der Waals surface area contributed by atoms with E-state index in [9.17, 15) is 0 Å². The Morgan fingerprint density at radius 2 is 1.76 bits per heavy atom. The van der Waals surface area contributed by atoms with Crippen molar-refractivity contribution in [3.05, 3.63) is 82.8 Å². The molecule has 1 aromatic rings. The highest BCUT2D eigenvalue weighted by atomic mass is 19.1. The minimum Gasteiger partial charge on any atom is -0.329 e. The summed E-state index contributed by atoms with van der Waals surface area (Å²) in [5.41, 5.74) is 6.21. The smallest absolute Gasteiger partial charge is 0.150 e. The molecule has 0 aliphatic heterocycles. The second kappa shape index (κ2) is 14.6. The van der Waals surface area contributed by atoms with E-state index in [0.717, 1.165) is 47.8 Å². The Morgan fingerprint density at radius 3 is 2.22 bits per heavy atom. The first-order valence-electron chi connectivity index (χ1n) is 13.2. The molecule has 202 valence electrons. The van der Waals surface area contributed by atoms with Gasteiger partial charge in [-0.05, 0) is 86.8 Å². The minimum absolute atomic E-state index is 0.144. The Hall–Kier alpha value is -3.08. The number of hydrogen-bond donors (Lipinski definition) is 0. The van der Waals surface area contributed by atoms with Crippen molar-refractivity contribution < 1.29 is 4.39 Å². The van der Waals surface area contributed by atoms with E-state index in [0.29, 0.717) is 22.5 Å². The Labute approximate surface area is 225 Å². The molecule has 0 saturated carbocycles. The predicted octanol–water partition coefficient (Wildman–Crippen LogP) is 9.08. The van der Waals surface area contributed by atoms with Crippen LogP contribution in [0.5, 0.6) is 0 Å². The highest BCUT2D eigenvalue weighted by Gasteiger charge is 2.20. The number of aromatic nitrogens is 1. The second-order valence-electron chi connectivity index (χ2n) is 10.2. The first-order chi connectivity index (χ1) is 17.3. The fourth-order valence-electron chi connectivity index (χ4n) is 3.82. The van der Waals surface area contributed by atoms with E-state index >= 15 is 4.39 Å². The molecule has 5 heteroatoms. The maximum absolute atomic E-state index is 15.2. The largest absolute Gasteiger partial charge is 0.329 e. The summed E-state index contributed by atoms with van der Waals surface area (Å²) in [6, 6.07) is 1.51. The third kappa shape index (κ3) is 9.38. The maximum Gasteiger partial charge on any atom is 0.150 e. The van der Waals surface area contributed by atoms with Crippen LogP contribution in [0, 0.1) is 5.82 Å². The van der Waals surface area contributed by atoms with Crippen LogP contribution in [0.1, 0.15) is 100 Å². The van der Waals surface area contributed by atoms with Crippen LogP contribution in [-0.2, 0) is 0 Å². The maximum atomic E-state index is 15.2. The molecular weight excluding hydrogens is 459 g/mol. The fraction of sp³-hybridized carbons (Fsp3) is 0.469. The molecule has 0 bridgehead atoms. The molecule has 0 fully saturated rings. The summed E-state index contributed by atoms with van der Waals surface area (Å²) in [7, 11) is 0. The average Bonchev–Trinajstić information content (AvgIpc) is 2.81. The number of aliphatic imine (C=N–C) groups is 2. The first kappa shape index (κ1) is 31.9. The van der Waals surface area contributed by atoms with E-state index in [1.807, 2.05) is 26.8 Å². The highest BCUT2D eigenvalue weighted by molar-refractivity contribution is 5.99. The number of amidine groups is 1. The number of halogens is 1. The quantitative estimate of drug-likeness (QED) is 0.171. The van der Waals surface area contributed by atoms with Gasteiger partial charge in [0.2, 0.25) is 0 Å². The summed E-state index contributed by atoms with van der Waals surface area (Å²) in [4.78, 5) is 16.7. The zero-order chi connectivity index (χ0) is 28.3. The lowest BCUT2D eigenvalue weighted by Crippen LogP contribution is -2.32. The van der Waals surface area contributed by atoms with E-state index in [1.165, 1.54) is 6.07 Å². The molecule has 37 heavy (non-hydrogen) atoms. The lowest BCUT2D eigenvalue weighted by molar-refractivity contribution is 0.475. The number of hydrogen-bond acceptors (Lipinski definition) is 3. The Kier molecular flexibility index (Phi) is 12.6. The summed E-state index contributed by atoms with van der Waals surface area (Å²) in [5, 5.41) is 0. The van der Waals surface area contributed by atoms with Crippen LogP contribution in [0.3, 0.4) is 0 Å². The SMILES string of the molecule is C=C/C=C(\C=C(C)C)c1ncc(C(C)=NC(C(=CCC)N(CC)C(C)=NC(C)(C)CC)=C(C)C)cc1F. The molecule has 1 heterocycles. The van der Waals surface area contributed by atoms with Crippen LogP contribution in [0.25, 0.3) is 5.57 Å². The number of likely N-dealkylation sites (N-methyl/N-ethyl adjacent to an activating group) is 1. The van der Waals surface area contributed by atoms with Crippen molar-refractivity contribution in [3.63, 3.8) is 0 Å². The van der Waals surface area contributed by atoms with Crippen molar-refractivity contribution in [3.8, 4) is 0 Å². The van der Waals surface area contributed by atoms with E-state index in [2.05, 4.69) is 77.9 Å². The van der Waals surface area contributed by atoms with Gasteiger partial charge in [-0.2, -0.15) is 0 Å². The van der Waals surface area contributed by atoms with Crippen molar-refractivity contribution >= 4 is 17.1 Å². The zero-order valence-electron chi connectivity index (χ0n) is 25.0. The van der Waals surface area contributed by atoms with Gasteiger partial charge in [-0.25, -0.2) is 4.39 Å². The third-order valence-corrected chi connectivity index (χ3v) is 5.99. The molecule has 0 aromatic carbocycles. The van der Waals surface area contributed by atoms with Crippen LogP contribution >= 0.6 is 0 Å². The van der Waals surface area contributed by atoms with E-state index in [-0.39, 0.29) is 11.4 Å². The lowest BCUT2D eigenvalue weighted by atomic mass is 10.0. The molecule has 0 amide bonds. The van der Waals surface area contributed by atoms with Crippen molar-refractivity contribution in [1.82, 2.24) is 9.88 Å². The van der Waals surface area contributed by atoms with Gasteiger partial charge in [0.15, 0.2) is 0 Å². The van der Waals surface area contributed by atoms with Crippen LogP contribution in [-0.4, -0.2) is 33.5 Å². The summed E-state index contributed by atoms with van der Waals surface area (Å²) in [6.07, 6.45) is 11.0. The Bertz CT molecular complexity index is 1140. The van der Waals surface area contributed by atoms with Crippen LogP contribution in [0.2, 0.25) is 0 Å². The average molecular weight is 507 g/mol. The van der Waals surface area contributed by atoms with Gasteiger partial charge in [-0.15, -0.1) is 0 Å². The zero-order valence-corrected chi connectivity index (χ0v) is 25.0. The predicted molar refractivity (Wildman–Crippen MR) is 161 cm³/mol. The van der Waals surface area contributed by atoms with Crippen LogP contribution in [0.15, 0.2) is 75.7 Å². The van der Waals surface area contributed by atoms with Crippen LogP contribution < -0.4 is 0 Å². The molecule has 4 nitrogen and oxygen atoms in total. The van der Waals surface area contributed by atoms with Gasteiger partial charge in [0.05, 0.1) is 16.9 Å². The van der Waals surface area contributed by atoms with Crippen molar-refractivity contribution in [2.45, 2.75) is 94.5 Å². The monoisotopic (exact) mass is 506 g/mol. The number of allylic oxidation sites excluding steroid dienone is 7. The van der Waals surface area contributed by atoms with Crippen LogP contribution in [0.4, 0.5) is 4.39 Å².